The van der Waals surface area contributed by atoms with Crippen molar-refractivity contribution in [2.24, 2.45) is 0 Å². The first kappa shape index (κ1) is 12.8. The van der Waals surface area contributed by atoms with Gasteiger partial charge in [0.05, 0.1) is 25.4 Å². The van der Waals surface area contributed by atoms with E-state index >= 15 is 0 Å². The molecular weight excluding hydrogens is 220 g/mol. The summed E-state index contributed by atoms with van der Waals surface area (Å²) in [5, 5.41) is 9.13. The molecule has 5 nitrogen and oxygen atoms in total. The van der Waals surface area contributed by atoms with E-state index in [1.165, 1.54) is 0 Å². The van der Waals surface area contributed by atoms with Crippen LogP contribution in [0.5, 0.6) is 0 Å². The van der Waals surface area contributed by atoms with Crippen LogP contribution in [0, 0.1) is 0 Å². The Hall–Kier alpha value is -0.650. The van der Waals surface area contributed by atoms with E-state index in [0.29, 0.717) is 13.1 Å². The van der Waals surface area contributed by atoms with Crippen molar-refractivity contribution in [2.75, 3.05) is 39.3 Å². The molecule has 5 heteroatoms. The molecule has 2 fully saturated rings. The minimum absolute atomic E-state index is 0.0265. The van der Waals surface area contributed by atoms with Gasteiger partial charge in [-0.25, -0.2) is 0 Å². The van der Waals surface area contributed by atoms with Crippen molar-refractivity contribution in [1.29, 1.82) is 0 Å². The average molecular weight is 242 g/mol. The van der Waals surface area contributed by atoms with E-state index in [9.17, 15) is 4.79 Å². The zero-order valence-corrected chi connectivity index (χ0v) is 10.5. The van der Waals surface area contributed by atoms with Crippen LogP contribution < -0.4 is 0 Å². The highest BCUT2D eigenvalue weighted by atomic mass is 16.5. The summed E-state index contributed by atoms with van der Waals surface area (Å²) in [4.78, 5) is 16.0. The molecule has 2 heterocycles. The third-order valence-corrected chi connectivity index (χ3v) is 3.42. The van der Waals surface area contributed by atoms with Gasteiger partial charge in [0.15, 0.2) is 0 Å². The van der Waals surface area contributed by atoms with E-state index in [1.807, 2.05) is 11.8 Å². The van der Waals surface area contributed by atoms with Gasteiger partial charge in [0.25, 0.3) is 0 Å². The number of amides is 1. The molecule has 0 saturated carbocycles. The molecule has 0 spiro atoms. The van der Waals surface area contributed by atoms with Gasteiger partial charge in [0.2, 0.25) is 5.91 Å². The summed E-state index contributed by atoms with van der Waals surface area (Å²) in [5.74, 6) is 0.216. The number of carbonyl (C=O) groups excluding carboxylic acids is 1. The van der Waals surface area contributed by atoms with Crippen LogP contribution in [0.1, 0.15) is 19.8 Å². The number of ether oxygens (including phenoxy) is 1. The van der Waals surface area contributed by atoms with Gasteiger partial charge in [-0.3, -0.25) is 9.69 Å². The molecular formula is C12H22N2O3. The molecule has 0 radical (unpaired) electrons. The Morgan fingerprint density at radius 2 is 2.06 bits per heavy atom. The number of morpholine rings is 1. The van der Waals surface area contributed by atoms with Gasteiger partial charge in [-0.15, -0.1) is 0 Å². The van der Waals surface area contributed by atoms with Crippen LogP contribution in [0.3, 0.4) is 0 Å². The maximum Gasteiger partial charge on any atom is 0.236 e. The monoisotopic (exact) mass is 242 g/mol. The number of aliphatic hydroxyl groups excluding tert-OH is 1. The number of aliphatic hydroxyl groups is 1. The Morgan fingerprint density at radius 1 is 1.35 bits per heavy atom. The fourth-order valence-electron chi connectivity index (χ4n) is 2.63. The Morgan fingerprint density at radius 3 is 2.71 bits per heavy atom. The lowest BCUT2D eigenvalue weighted by Gasteiger charge is -2.36. The highest BCUT2D eigenvalue weighted by Gasteiger charge is 2.27. The van der Waals surface area contributed by atoms with Crippen molar-refractivity contribution in [3.05, 3.63) is 0 Å². The Kier molecular flexibility index (Phi) is 4.36. The number of likely N-dealkylation sites (tertiary alicyclic amines) is 1. The van der Waals surface area contributed by atoms with Crippen LogP contribution in [0.15, 0.2) is 0 Å². The Balaban J connectivity index is 1.82. The average Bonchev–Trinajstić information content (AvgIpc) is 2.81. The number of carbonyl (C=O) groups is 1. The molecule has 2 atom stereocenters. The summed E-state index contributed by atoms with van der Waals surface area (Å²) in [7, 11) is 0. The SMILES string of the molecule is CC1CN(CC(=O)N2CCCC2)CC(CO)O1. The van der Waals surface area contributed by atoms with Gasteiger partial charge in [0.1, 0.15) is 0 Å². The van der Waals surface area contributed by atoms with E-state index in [2.05, 4.69) is 4.90 Å². The number of hydrogen-bond acceptors (Lipinski definition) is 4. The fraction of sp³-hybridized carbons (Fsp3) is 0.917. The lowest BCUT2D eigenvalue weighted by atomic mass is 10.2. The summed E-state index contributed by atoms with van der Waals surface area (Å²) in [5.41, 5.74) is 0. The second-order valence-electron chi connectivity index (χ2n) is 5.03. The minimum atomic E-state index is -0.148. The molecule has 0 aliphatic carbocycles. The first-order chi connectivity index (χ1) is 8.19. The predicted octanol–water partition coefficient (Wildman–Crippen LogP) is -0.310. The van der Waals surface area contributed by atoms with Crippen molar-refractivity contribution in [3.63, 3.8) is 0 Å². The van der Waals surface area contributed by atoms with Gasteiger partial charge >= 0.3 is 0 Å². The smallest absolute Gasteiger partial charge is 0.236 e. The normalized spacial score (nSPS) is 30.8. The second-order valence-corrected chi connectivity index (χ2v) is 5.03. The van der Waals surface area contributed by atoms with Crippen LogP contribution in [-0.4, -0.2) is 72.4 Å². The largest absolute Gasteiger partial charge is 0.394 e. The first-order valence-corrected chi connectivity index (χ1v) is 6.45. The van der Waals surface area contributed by atoms with Crippen LogP contribution in [-0.2, 0) is 9.53 Å². The van der Waals surface area contributed by atoms with Crippen LogP contribution in [0.2, 0.25) is 0 Å². The third-order valence-electron chi connectivity index (χ3n) is 3.42. The summed E-state index contributed by atoms with van der Waals surface area (Å²) in [6.45, 7) is 5.71. The zero-order chi connectivity index (χ0) is 12.3. The first-order valence-electron chi connectivity index (χ1n) is 6.45. The molecule has 1 amide bonds. The van der Waals surface area contributed by atoms with Crippen molar-refractivity contribution in [1.82, 2.24) is 9.80 Å². The van der Waals surface area contributed by atoms with Gasteiger partial charge in [-0.05, 0) is 19.8 Å². The van der Waals surface area contributed by atoms with Crippen LogP contribution in [0.25, 0.3) is 0 Å². The molecule has 2 aliphatic heterocycles. The molecule has 2 aliphatic rings. The number of hydrogen-bond donors (Lipinski definition) is 1. The minimum Gasteiger partial charge on any atom is -0.394 e. The molecule has 0 bridgehead atoms. The predicted molar refractivity (Wildman–Crippen MR) is 63.7 cm³/mol. The van der Waals surface area contributed by atoms with Crippen molar-refractivity contribution < 1.29 is 14.6 Å². The molecule has 17 heavy (non-hydrogen) atoms. The van der Waals surface area contributed by atoms with E-state index in [0.717, 1.165) is 32.5 Å². The Bertz CT molecular complexity index is 266. The molecule has 0 aromatic carbocycles. The number of nitrogens with zero attached hydrogens (tertiary/aromatic N) is 2. The summed E-state index contributed by atoms with van der Waals surface area (Å²) < 4.78 is 5.56. The molecule has 0 aromatic rings. The molecule has 2 unspecified atom stereocenters. The molecule has 98 valence electrons. The summed E-state index contributed by atoms with van der Waals surface area (Å²) in [6.07, 6.45) is 2.20. The maximum atomic E-state index is 12.0. The van der Waals surface area contributed by atoms with Gasteiger partial charge in [0, 0.05) is 26.2 Å². The van der Waals surface area contributed by atoms with Crippen LogP contribution in [0.4, 0.5) is 0 Å². The quantitative estimate of drug-likeness (QED) is 0.737. The topological polar surface area (TPSA) is 53.0 Å². The molecule has 0 aromatic heterocycles. The lowest BCUT2D eigenvalue weighted by Crippen LogP contribution is -2.51. The van der Waals surface area contributed by atoms with E-state index < -0.39 is 0 Å². The lowest BCUT2D eigenvalue weighted by molar-refractivity contribution is -0.136. The summed E-state index contributed by atoms with van der Waals surface area (Å²) >= 11 is 0. The third kappa shape index (κ3) is 3.40. The van der Waals surface area contributed by atoms with Crippen molar-refractivity contribution >= 4 is 5.91 Å². The fourth-order valence-corrected chi connectivity index (χ4v) is 2.63. The van der Waals surface area contributed by atoms with Crippen LogP contribution >= 0.6 is 0 Å². The van der Waals surface area contributed by atoms with Crippen molar-refractivity contribution in [3.8, 4) is 0 Å². The second kappa shape index (κ2) is 5.80. The Labute approximate surface area is 102 Å². The van der Waals surface area contributed by atoms with E-state index in [-0.39, 0.29) is 24.7 Å². The van der Waals surface area contributed by atoms with E-state index in [4.69, 9.17) is 9.84 Å². The standard InChI is InChI=1S/C12H22N2O3/c1-10-6-13(7-11(9-15)17-10)8-12(16)14-4-2-3-5-14/h10-11,15H,2-9H2,1H3. The van der Waals surface area contributed by atoms with Crippen molar-refractivity contribution in [2.45, 2.75) is 32.0 Å². The van der Waals surface area contributed by atoms with Gasteiger partial charge in [-0.1, -0.05) is 0 Å². The van der Waals surface area contributed by atoms with E-state index in [1.54, 1.807) is 0 Å². The number of rotatable bonds is 3. The maximum absolute atomic E-state index is 12.0. The molecule has 1 N–H and O–H groups in total. The van der Waals surface area contributed by atoms with Gasteiger partial charge in [-0.2, -0.15) is 0 Å². The highest BCUT2D eigenvalue weighted by molar-refractivity contribution is 5.78. The highest BCUT2D eigenvalue weighted by Crippen LogP contribution is 2.13. The molecule has 2 saturated heterocycles. The molecule has 2 rings (SSSR count). The van der Waals surface area contributed by atoms with Gasteiger partial charge < -0.3 is 14.7 Å². The summed E-state index contributed by atoms with van der Waals surface area (Å²) in [6, 6.07) is 0. The zero-order valence-electron chi connectivity index (χ0n) is 10.5.